The first-order valence-electron chi connectivity index (χ1n) is 6.02. The number of amides is 1. The number of nitrogens with two attached hydrogens (primary N) is 1. The summed E-state index contributed by atoms with van der Waals surface area (Å²) in [7, 11) is 0. The highest BCUT2D eigenvalue weighted by molar-refractivity contribution is 9.10. The molecule has 0 bridgehead atoms. The molecule has 1 rings (SSSR count). The zero-order valence-corrected chi connectivity index (χ0v) is 13.3. The third kappa shape index (κ3) is 5.55. The molecule has 21 heavy (non-hydrogen) atoms. The highest BCUT2D eigenvalue weighted by Gasteiger charge is 2.33. The maximum absolute atomic E-state index is 12.4. The lowest BCUT2D eigenvalue weighted by Crippen LogP contribution is -2.45. The van der Waals surface area contributed by atoms with Gasteiger partial charge in [-0.3, -0.25) is 4.79 Å². The summed E-state index contributed by atoms with van der Waals surface area (Å²) in [5.41, 5.74) is 5.14. The van der Waals surface area contributed by atoms with Gasteiger partial charge in [0.1, 0.15) is 0 Å². The number of carbonyl (C=O) groups is 1. The monoisotopic (exact) mass is 368 g/mol. The van der Waals surface area contributed by atoms with E-state index in [4.69, 9.17) is 5.73 Å². The van der Waals surface area contributed by atoms with E-state index in [2.05, 4.69) is 26.0 Å². The minimum Gasteiger partial charge on any atom is -0.404 e. The van der Waals surface area contributed by atoms with E-state index in [0.717, 1.165) is 6.07 Å². The van der Waals surface area contributed by atoms with Crippen molar-refractivity contribution in [3.63, 3.8) is 0 Å². The molecule has 4 nitrogen and oxygen atoms in total. The van der Waals surface area contributed by atoms with Crippen molar-refractivity contribution in [2.24, 2.45) is 11.1 Å². The summed E-state index contributed by atoms with van der Waals surface area (Å²) in [5, 5.41) is 2.36. The van der Waals surface area contributed by atoms with Crippen LogP contribution in [0.15, 0.2) is 22.7 Å². The van der Waals surface area contributed by atoms with E-state index < -0.39 is 29.5 Å². The van der Waals surface area contributed by atoms with Crippen LogP contribution in [0.5, 0.6) is 5.75 Å². The number of alkyl halides is 3. The first kappa shape index (κ1) is 17.8. The molecular weight excluding hydrogens is 353 g/mol. The van der Waals surface area contributed by atoms with Crippen LogP contribution in [0.4, 0.5) is 18.9 Å². The second-order valence-corrected chi connectivity index (χ2v) is 6.44. The molecule has 1 atom stereocenters. The summed E-state index contributed by atoms with van der Waals surface area (Å²) in [6, 6.07) is 3.03. The van der Waals surface area contributed by atoms with Gasteiger partial charge in [-0.15, -0.1) is 13.2 Å². The number of ether oxygens (including phenoxy) is 1. The Hall–Kier alpha value is -1.28. The fraction of sp³-hybridized carbons (Fsp3) is 0.462. The quantitative estimate of drug-likeness (QED) is 0.855. The standard InChI is InChI=1S/C13H16BrF3N2O2/c1-12(2,3)10(18)11(20)19-8-5-4-7(14)6-9(8)21-13(15,16)17/h4-6,10H,18H2,1-3H3,(H,19,20)/t10-/m1/s1. The molecule has 0 aliphatic rings. The molecule has 0 radical (unpaired) electrons. The number of hydrogen-bond donors (Lipinski definition) is 2. The molecular formula is C13H16BrF3N2O2. The SMILES string of the molecule is CC(C)(C)[C@H](N)C(=O)Nc1ccc(Br)cc1OC(F)(F)F. The van der Waals surface area contributed by atoms with E-state index >= 15 is 0 Å². The van der Waals surface area contributed by atoms with Crippen molar-refractivity contribution >= 4 is 27.5 Å². The molecule has 1 aromatic carbocycles. The van der Waals surface area contributed by atoms with E-state index in [1.54, 1.807) is 20.8 Å². The van der Waals surface area contributed by atoms with Gasteiger partial charge >= 0.3 is 6.36 Å². The summed E-state index contributed by atoms with van der Waals surface area (Å²) in [4.78, 5) is 12.0. The summed E-state index contributed by atoms with van der Waals surface area (Å²) < 4.78 is 41.4. The van der Waals surface area contributed by atoms with Gasteiger partial charge in [0.05, 0.1) is 11.7 Å². The van der Waals surface area contributed by atoms with Gasteiger partial charge in [-0.05, 0) is 23.6 Å². The van der Waals surface area contributed by atoms with Crippen molar-refractivity contribution in [2.75, 3.05) is 5.32 Å². The van der Waals surface area contributed by atoms with Crippen LogP contribution in [0, 0.1) is 5.41 Å². The zero-order chi connectivity index (χ0) is 16.4. The second-order valence-electron chi connectivity index (χ2n) is 5.52. The summed E-state index contributed by atoms with van der Waals surface area (Å²) in [6.07, 6.45) is -4.85. The molecule has 0 aliphatic carbocycles. The lowest BCUT2D eigenvalue weighted by Gasteiger charge is -2.26. The molecule has 0 spiro atoms. The number of rotatable bonds is 3. The van der Waals surface area contributed by atoms with Gasteiger partial charge in [-0.25, -0.2) is 0 Å². The Kier molecular flexibility index (Phi) is 5.27. The average molecular weight is 369 g/mol. The van der Waals surface area contributed by atoms with Gasteiger partial charge in [-0.1, -0.05) is 36.7 Å². The summed E-state index contributed by atoms with van der Waals surface area (Å²) in [6.45, 7) is 5.27. The van der Waals surface area contributed by atoms with Crippen LogP contribution < -0.4 is 15.8 Å². The van der Waals surface area contributed by atoms with Crippen molar-refractivity contribution in [2.45, 2.75) is 33.2 Å². The Labute approximate surface area is 129 Å². The van der Waals surface area contributed by atoms with Gasteiger partial charge in [0, 0.05) is 4.47 Å². The van der Waals surface area contributed by atoms with Crippen LogP contribution in [0.1, 0.15) is 20.8 Å². The van der Waals surface area contributed by atoms with E-state index in [0.29, 0.717) is 4.47 Å². The molecule has 0 aliphatic heterocycles. The predicted molar refractivity (Wildman–Crippen MR) is 76.9 cm³/mol. The molecule has 8 heteroatoms. The molecule has 0 fully saturated rings. The Bertz CT molecular complexity index is 527. The zero-order valence-electron chi connectivity index (χ0n) is 11.7. The lowest BCUT2D eigenvalue weighted by atomic mass is 9.87. The lowest BCUT2D eigenvalue weighted by molar-refractivity contribution is -0.274. The molecule has 0 unspecified atom stereocenters. The van der Waals surface area contributed by atoms with E-state index in [9.17, 15) is 18.0 Å². The molecule has 1 amide bonds. The summed E-state index contributed by atoms with van der Waals surface area (Å²) in [5.74, 6) is -1.09. The highest BCUT2D eigenvalue weighted by Crippen LogP contribution is 2.33. The molecule has 0 saturated heterocycles. The van der Waals surface area contributed by atoms with Crippen molar-refractivity contribution in [3.8, 4) is 5.75 Å². The van der Waals surface area contributed by atoms with Crippen molar-refractivity contribution in [1.82, 2.24) is 0 Å². The van der Waals surface area contributed by atoms with Crippen LogP contribution >= 0.6 is 15.9 Å². The van der Waals surface area contributed by atoms with Crippen molar-refractivity contribution < 1.29 is 22.7 Å². The molecule has 118 valence electrons. The molecule has 0 heterocycles. The van der Waals surface area contributed by atoms with E-state index in [1.807, 2.05) is 0 Å². The third-order valence-corrected chi connectivity index (χ3v) is 3.14. The van der Waals surface area contributed by atoms with E-state index in [1.165, 1.54) is 12.1 Å². The maximum atomic E-state index is 12.4. The molecule has 0 aromatic heterocycles. The second kappa shape index (κ2) is 6.23. The third-order valence-electron chi connectivity index (χ3n) is 2.64. The minimum absolute atomic E-state index is 0.0970. The van der Waals surface area contributed by atoms with Gasteiger partial charge in [-0.2, -0.15) is 0 Å². The number of anilines is 1. The van der Waals surface area contributed by atoms with Crippen LogP contribution in [-0.2, 0) is 4.79 Å². The predicted octanol–water partition coefficient (Wildman–Crippen LogP) is 3.66. The van der Waals surface area contributed by atoms with Gasteiger partial charge in [0.2, 0.25) is 5.91 Å². The molecule has 0 saturated carbocycles. The number of carbonyl (C=O) groups excluding carboxylic acids is 1. The van der Waals surface area contributed by atoms with E-state index in [-0.39, 0.29) is 5.69 Å². The normalized spacial score (nSPS) is 13.7. The number of hydrogen-bond acceptors (Lipinski definition) is 3. The fourth-order valence-corrected chi connectivity index (χ4v) is 1.75. The maximum Gasteiger partial charge on any atom is 0.573 e. The minimum atomic E-state index is -4.85. The van der Waals surface area contributed by atoms with Crippen LogP contribution in [0.3, 0.4) is 0 Å². The Morgan fingerprint density at radius 2 is 1.90 bits per heavy atom. The van der Waals surface area contributed by atoms with Gasteiger partial charge < -0.3 is 15.8 Å². The van der Waals surface area contributed by atoms with Crippen LogP contribution in [0.2, 0.25) is 0 Å². The number of halogens is 4. The van der Waals surface area contributed by atoms with Gasteiger partial charge in [0.25, 0.3) is 0 Å². The van der Waals surface area contributed by atoms with Crippen LogP contribution in [-0.4, -0.2) is 18.3 Å². The first-order chi connectivity index (χ1) is 9.40. The average Bonchev–Trinajstić information content (AvgIpc) is 2.28. The smallest absolute Gasteiger partial charge is 0.404 e. The number of benzene rings is 1. The summed E-state index contributed by atoms with van der Waals surface area (Å²) >= 11 is 3.05. The molecule has 1 aromatic rings. The Balaban J connectivity index is 3.01. The van der Waals surface area contributed by atoms with Crippen molar-refractivity contribution in [3.05, 3.63) is 22.7 Å². The fourth-order valence-electron chi connectivity index (χ4n) is 1.41. The first-order valence-corrected chi connectivity index (χ1v) is 6.81. The Morgan fingerprint density at radius 1 is 1.33 bits per heavy atom. The molecule has 3 N–H and O–H groups in total. The topological polar surface area (TPSA) is 64.4 Å². The van der Waals surface area contributed by atoms with Gasteiger partial charge in [0.15, 0.2) is 5.75 Å². The Morgan fingerprint density at radius 3 is 2.38 bits per heavy atom. The van der Waals surface area contributed by atoms with Crippen molar-refractivity contribution in [1.29, 1.82) is 0 Å². The van der Waals surface area contributed by atoms with Crippen LogP contribution in [0.25, 0.3) is 0 Å². The number of nitrogens with one attached hydrogen (secondary N) is 1. The highest BCUT2D eigenvalue weighted by atomic mass is 79.9. The largest absolute Gasteiger partial charge is 0.573 e.